The lowest BCUT2D eigenvalue weighted by atomic mass is 9.94. The molecule has 0 aromatic rings. The number of hydrogen-bond acceptors (Lipinski definition) is 4. The standard InChI is InChI=1S/C14H26N2O2/c1-3-18-14(17)12-5-4-8-16(11-12)13-6-9-15(2)10-7-13/h12-13H,3-11H2,1-2H3/t12-/m1/s1. The van der Waals surface area contributed by atoms with Gasteiger partial charge < -0.3 is 9.64 Å². The highest BCUT2D eigenvalue weighted by Crippen LogP contribution is 2.24. The van der Waals surface area contributed by atoms with Crippen molar-refractivity contribution < 1.29 is 9.53 Å². The first-order valence-corrected chi connectivity index (χ1v) is 7.30. The van der Waals surface area contributed by atoms with Crippen LogP contribution < -0.4 is 0 Å². The molecule has 1 atom stereocenters. The van der Waals surface area contributed by atoms with Crippen molar-refractivity contribution in [3.8, 4) is 0 Å². The number of carbonyl (C=O) groups excluding carboxylic acids is 1. The predicted molar refractivity (Wildman–Crippen MR) is 71.4 cm³/mol. The predicted octanol–water partition coefficient (Wildman–Crippen LogP) is 1.36. The van der Waals surface area contributed by atoms with Gasteiger partial charge in [-0.15, -0.1) is 0 Å². The number of piperidine rings is 2. The van der Waals surface area contributed by atoms with Crippen molar-refractivity contribution in [2.75, 3.05) is 39.8 Å². The van der Waals surface area contributed by atoms with Crippen molar-refractivity contribution in [2.45, 2.75) is 38.6 Å². The van der Waals surface area contributed by atoms with Crippen LogP contribution in [-0.4, -0.2) is 61.6 Å². The van der Waals surface area contributed by atoms with E-state index < -0.39 is 0 Å². The Labute approximate surface area is 110 Å². The highest BCUT2D eigenvalue weighted by Gasteiger charge is 2.31. The third-order valence-corrected chi connectivity index (χ3v) is 4.28. The second-order valence-corrected chi connectivity index (χ2v) is 5.62. The lowest BCUT2D eigenvalue weighted by Gasteiger charge is -2.41. The minimum atomic E-state index is 0.00938. The van der Waals surface area contributed by atoms with E-state index in [4.69, 9.17) is 4.74 Å². The summed E-state index contributed by atoms with van der Waals surface area (Å²) in [5.74, 6) is 0.119. The Bertz CT molecular complexity index is 275. The summed E-state index contributed by atoms with van der Waals surface area (Å²) in [7, 11) is 2.19. The first-order chi connectivity index (χ1) is 8.70. The largest absolute Gasteiger partial charge is 0.466 e. The van der Waals surface area contributed by atoms with Crippen molar-refractivity contribution in [3.05, 3.63) is 0 Å². The van der Waals surface area contributed by atoms with Gasteiger partial charge in [0.2, 0.25) is 0 Å². The Kier molecular flexibility index (Phi) is 5.01. The summed E-state index contributed by atoms with van der Waals surface area (Å²) >= 11 is 0. The minimum absolute atomic E-state index is 0.00938. The average Bonchev–Trinajstić information content (AvgIpc) is 2.40. The summed E-state index contributed by atoms with van der Waals surface area (Å²) in [5, 5.41) is 0. The molecule has 4 heteroatoms. The second kappa shape index (κ2) is 6.53. The van der Waals surface area contributed by atoms with Gasteiger partial charge in [-0.1, -0.05) is 0 Å². The van der Waals surface area contributed by atoms with Crippen LogP contribution in [0, 0.1) is 5.92 Å². The van der Waals surface area contributed by atoms with Gasteiger partial charge in [0.05, 0.1) is 12.5 Å². The molecule has 2 aliphatic rings. The van der Waals surface area contributed by atoms with E-state index in [0.29, 0.717) is 12.6 Å². The summed E-state index contributed by atoms with van der Waals surface area (Å²) in [6.45, 7) is 6.83. The zero-order chi connectivity index (χ0) is 13.0. The summed E-state index contributed by atoms with van der Waals surface area (Å²) in [6.07, 6.45) is 4.62. The van der Waals surface area contributed by atoms with E-state index in [1.54, 1.807) is 0 Å². The van der Waals surface area contributed by atoms with Crippen LogP contribution >= 0.6 is 0 Å². The van der Waals surface area contributed by atoms with Crippen LogP contribution in [0.2, 0.25) is 0 Å². The van der Waals surface area contributed by atoms with Crippen molar-refractivity contribution in [3.63, 3.8) is 0 Å². The molecule has 0 bridgehead atoms. The van der Waals surface area contributed by atoms with Gasteiger partial charge in [0.25, 0.3) is 0 Å². The molecule has 2 rings (SSSR count). The Morgan fingerprint density at radius 1 is 1.22 bits per heavy atom. The molecule has 0 N–H and O–H groups in total. The highest BCUT2D eigenvalue weighted by atomic mass is 16.5. The molecular weight excluding hydrogens is 228 g/mol. The van der Waals surface area contributed by atoms with Crippen LogP contribution in [0.3, 0.4) is 0 Å². The lowest BCUT2D eigenvalue weighted by molar-refractivity contribution is -0.150. The Hall–Kier alpha value is -0.610. The third-order valence-electron chi connectivity index (χ3n) is 4.28. The molecule has 0 spiro atoms. The quantitative estimate of drug-likeness (QED) is 0.712. The molecule has 0 saturated carbocycles. The van der Waals surface area contributed by atoms with E-state index >= 15 is 0 Å². The zero-order valence-corrected chi connectivity index (χ0v) is 11.7. The van der Waals surface area contributed by atoms with E-state index in [2.05, 4.69) is 16.8 Å². The number of rotatable bonds is 3. The molecule has 2 saturated heterocycles. The molecule has 0 aromatic carbocycles. The van der Waals surface area contributed by atoms with Crippen LogP contribution in [0.5, 0.6) is 0 Å². The van der Waals surface area contributed by atoms with Crippen molar-refractivity contribution in [1.29, 1.82) is 0 Å². The van der Waals surface area contributed by atoms with Crippen molar-refractivity contribution in [2.24, 2.45) is 5.92 Å². The van der Waals surface area contributed by atoms with Gasteiger partial charge in [-0.2, -0.15) is 0 Å². The second-order valence-electron chi connectivity index (χ2n) is 5.62. The highest BCUT2D eigenvalue weighted by molar-refractivity contribution is 5.72. The van der Waals surface area contributed by atoms with Crippen LogP contribution in [-0.2, 0) is 9.53 Å². The fourth-order valence-electron chi connectivity index (χ4n) is 3.15. The van der Waals surface area contributed by atoms with Crippen molar-refractivity contribution >= 4 is 5.97 Å². The minimum Gasteiger partial charge on any atom is -0.466 e. The fraction of sp³-hybridized carbons (Fsp3) is 0.929. The van der Waals surface area contributed by atoms with E-state index in [1.165, 1.54) is 25.9 Å². The number of likely N-dealkylation sites (tertiary alicyclic amines) is 2. The summed E-state index contributed by atoms with van der Waals surface area (Å²) in [4.78, 5) is 16.7. The van der Waals surface area contributed by atoms with Gasteiger partial charge in [0, 0.05) is 12.6 Å². The van der Waals surface area contributed by atoms with Gasteiger partial charge in [-0.3, -0.25) is 9.69 Å². The van der Waals surface area contributed by atoms with Gasteiger partial charge in [0.1, 0.15) is 0 Å². The molecule has 0 aromatic heterocycles. The number of esters is 1. The Morgan fingerprint density at radius 3 is 2.61 bits per heavy atom. The normalized spacial score (nSPS) is 28.2. The maximum Gasteiger partial charge on any atom is 0.310 e. The van der Waals surface area contributed by atoms with Gasteiger partial charge in [-0.05, 0) is 59.3 Å². The van der Waals surface area contributed by atoms with Gasteiger partial charge in [0.15, 0.2) is 0 Å². The van der Waals surface area contributed by atoms with Crippen LogP contribution in [0.15, 0.2) is 0 Å². The monoisotopic (exact) mass is 254 g/mol. The zero-order valence-electron chi connectivity index (χ0n) is 11.7. The van der Waals surface area contributed by atoms with Crippen molar-refractivity contribution in [1.82, 2.24) is 9.80 Å². The molecule has 0 radical (unpaired) electrons. The summed E-state index contributed by atoms with van der Waals surface area (Å²) in [6, 6.07) is 0.679. The number of carbonyl (C=O) groups is 1. The van der Waals surface area contributed by atoms with Crippen LogP contribution in [0.1, 0.15) is 32.6 Å². The fourth-order valence-corrected chi connectivity index (χ4v) is 3.15. The average molecular weight is 254 g/mol. The van der Waals surface area contributed by atoms with Gasteiger partial charge in [-0.25, -0.2) is 0 Å². The molecule has 2 aliphatic heterocycles. The van der Waals surface area contributed by atoms with Gasteiger partial charge >= 0.3 is 5.97 Å². The number of nitrogens with zero attached hydrogens (tertiary/aromatic N) is 2. The lowest BCUT2D eigenvalue weighted by Crippen LogP contribution is -2.49. The third kappa shape index (κ3) is 3.45. The maximum absolute atomic E-state index is 11.8. The molecule has 0 amide bonds. The molecular formula is C14H26N2O2. The van der Waals surface area contributed by atoms with Crippen LogP contribution in [0.25, 0.3) is 0 Å². The van der Waals surface area contributed by atoms with E-state index in [1.807, 2.05) is 6.92 Å². The number of ether oxygens (including phenoxy) is 1. The van der Waals surface area contributed by atoms with E-state index in [-0.39, 0.29) is 11.9 Å². The molecule has 2 heterocycles. The molecule has 2 fully saturated rings. The molecule has 18 heavy (non-hydrogen) atoms. The molecule has 0 aliphatic carbocycles. The number of hydrogen-bond donors (Lipinski definition) is 0. The Morgan fingerprint density at radius 2 is 1.94 bits per heavy atom. The first kappa shape index (κ1) is 13.8. The summed E-state index contributed by atoms with van der Waals surface area (Å²) < 4.78 is 5.16. The van der Waals surface area contributed by atoms with Crippen LogP contribution in [0.4, 0.5) is 0 Å². The smallest absolute Gasteiger partial charge is 0.310 e. The summed E-state index contributed by atoms with van der Waals surface area (Å²) in [5.41, 5.74) is 0. The maximum atomic E-state index is 11.8. The molecule has 0 unspecified atom stereocenters. The Balaban J connectivity index is 1.84. The SMILES string of the molecule is CCOC(=O)[C@@H]1CCCN(C2CCN(C)CC2)C1. The van der Waals surface area contributed by atoms with E-state index in [0.717, 1.165) is 25.9 Å². The first-order valence-electron chi connectivity index (χ1n) is 7.30. The van der Waals surface area contributed by atoms with E-state index in [9.17, 15) is 4.79 Å². The topological polar surface area (TPSA) is 32.8 Å². The molecule has 4 nitrogen and oxygen atoms in total. The molecule has 104 valence electrons.